The lowest BCUT2D eigenvalue weighted by atomic mass is 10.0. The number of amides is 1. The molecule has 1 aliphatic rings. The number of nitro groups is 1. The summed E-state index contributed by atoms with van der Waals surface area (Å²) in [6, 6.07) is 21.2. The first kappa shape index (κ1) is 24.0. The minimum absolute atomic E-state index is 0.0371. The van der Waals surface area contributed by atoms with Crippen molar-refractivity contribution in [2.45, 2.75) is 19.6 Å². The zero-order valence-corrected chi connectivity index (χ0v) is 19.4. The fourth-order valence-corrected chi connectivity index (χ4v) is 4.39. The van der Waals surface area contributed by atoms with E-state index in [4.69, 9.17) is 0 Å². The van der Waals surface area contributed by atoms with Crippen LogP contribution in [0.1, 0.15) is 16.8 Å². The van der Waals surface area contributed by atoms with Gasteiger partial charge in [-0.05, 0) is 36.8 Å². The van der Waals surface area contributed by atoms with Crippen LogP contribution in [-0.4, -0.2) is 27.3 Å². The van der Waals surface area contributed by atoms with E-state index in [0.29, 0.717) is 23.2 Å². The number of fused-ring (bicyclic) bond motifs is 1. The van der Waals surface area contributed by atoms with Crippen molar-refractivity contribution in [3.63, 3.8) is 0 Å². The minimum Gasteiger partial charge on any atom is -0.340 e. The van der Waals surface area contributed by atoms with Crippen molar-refractivity contribution in [3.8, 4) is 0 Å². The molecule has 0 unspecified atom stereocenters. The molecule has 0 radical (unpaired) electrons. The summed E-state index contributed by atoms with van der Waals surface area (Å²) in [5, 5.41) is 16.1. The van der Waals surface area contributed by atoms with Crippen LogP contribution >= 0.6 is 0 Å². The first-order chi connectivity index (χ1) is 17.6. The number of hydrazone groups is 1. The summed E-state index contributed by atoms with van der Waals surface area (Å²) in [5.41, 5.74) is 1.03. The fraction of sp³-hybridized carbons (Fsp3) is 0.111. The maximum absolute atomic E-state index is 14.0. The Balaban J connectivity index is 1.62. The number of non-ortho nitro benzene ring substituents is 1. The molecule has 186 valence electrons. The van der Waals surface area contributed by atoms with Gasteiger partial charge >= 0.3 is 6.18 Å². The van der Waals surface area contributed by atoms with Crippen LogP contribution in [0.3, 0.4) is 0 Å². The largest absolute Gasteiger partial charge is 0.435 e. The maximum Gasteiger partial charge on any atom is 0.435 e. The van der Waals surface area contributed by atoms with Gasteiger partial charge < -0.3 is 4.57 Å². The van der Waals surface area contributed by atoms with Gasteiger partial charge in [0.2, 0.25) is 0 Å². The lowest BCUT2D eigenvalue weighted by molar-refractivity contribution is -0.384. The average Bonchev–Trinajstić information content (AvgIpc) is 3.35. The van der Waals surface area contributed by atoms with Crippen LogP contribution in [0.2, 0.25) is 0 Å². The lowest BCUT2D eigenvalue weighted by Gasteiger charge is -2.11. The molecular formula is C27H19F3N4O3. The number of nitro benzene ring substituents is 1. The highest BCUT2D eigenvalue weighted by molar-refractivity contribution is 6.34. The molecule has 37 heavy (non-hydrogen) atoms. The second-order valence-electron chi connectivity index (χ2n) is 8.48. The number of halogens is 3. The van der Waals surface area contributed by atoms with Gasteiger partial charge in [-0.15, -0.1) is 0 Å². The Labute approximate surface area is 208 Å². The normalized spacial score (nSPS) is 15.0. The monoisotopic (exact) mass is 504 g/mol. The molecule has 0 saturated carbocycles. The van der Waals surface area contributed by atoms with Crippen molar-refractivity contribution >= 4 is 40.0 Å². The number of hydrogen-bond acceptors (Lipinski definition) is 4. The number of alkyl halides is 3. The number of anilines is 1. The minimum atomic E-state index is -4.84. The summed E-state index contributed by atoms with van der Waals surface area (Å²) in [6.07, 6.45) is -3.59. The number of aromatic nitrogens is 1. The number of hydrogen-bond donors (Lipinski definition) is 0. The Morgan fingerprint density at radius 3 is 2.27 bits per heavy atom. The first-order valence-electron chi connectivity index (χ1n) is 11.2. The van der Waals surface area contributed by atoms with Crippen molar-refractivity contribution in [2.24, 2.45) is 5.10 Å². The average molecular weight is 504 g/mol. The number of carbonyl (C=O) groups excluding carboxylic acids is 1. The highest BCUT2D eigenvalue weighted by atomic mass is 19.4. The Hall–Kier alpha value is -4.73. The number of para-hydroxylation sites is 2. The number of benzene rings is 3. The smallest absolute Gasteiger partial charge is 0.340 e. The van der Waals surface area contributed by atoms with Crippen LogP contribution in [0.4, 0.5) is 24.5 Å². The summed E-state index contributed by atoms with van der Waals surface area (Å²) in [6.45, 7) is 2.09. The Bertz CT molecular complexity index is 1590. The van der Waals surface area contributed by atoms with Crippen LogP contribution < -0.4 is 5.01 Å². The number of nitrogens with zero attached hydrogens (tertiary/aromatic N) is 4. The van der Waals surface area contributed by atoms with E-state index in [0.717, 1.165) is 16.1 Å². The second-order valence-corrected chi connectivity index (χ2v) is 8.48. The van der Waals surface area contributed by atoms with Gasteiger partial charge in [0.05, 0.1) is 16.2 Å². The molecule has 0 saturated heterocycles. The molecular weight excluding hydrogens is 485 g/mol. The molecule has 0 spiro atoms. The lowest BCUT2D eigenvalue weighted by Crippen LogP contribution is -2.25. The molecule has 0 atom stereocenters. The summed E-state index contributed by atoms with van der Waals surface area (Å²) < 4.78 is 43.8. The predicted molar refractivity (Wildman–Crippen MR) is 134 cm³/mol. The van der Waals surface area contributed by atoms with Gasteiger partial charge in [-0.3, -0.25) is 14.9 Å². The fourth-order valence-electron chi connectivity index (χ4n) is 4.39. The Kier molecular flexibility index (Phi) is 5.87. The van der Waals surface area contributed by atoms with Gasteiger partial charge in [0.15, 0.2) is 5.71 Å². The molecule has 2 heterocycles. The molecule has 0 bridgehead atoms. The third-order valence-electron chi connectivity index (χ3n) is 6.20. The Morgan fingerprint density at radius 2 is 1.62 bits per heavy atom. The van der Waals surface area contributed by atoms with Crippen molar-refractivity contribution in [2.75, 3.05) is 5.01 Å². The van der Waals surface area contributed by atoms with Crippen LogP contribution in [0.5, 0.6) is 0 Å². The number of rotatable bonds is 5. The third kappa shape index (κ3) is 4.37. The molecule has 0 fully saturated rings. The van der Waals surface area contributed by atoms with Gasteiger partial charge in [0, 0.05) is 40.8 Å². The van der Waals surface area contributed by atoms with E-state index in [1.807, 2.05) is 16.7 Å². The molecule has 5 rings (SSSR count). The zero-order chi connectivity index (χ0) is 26.3. The van der Waals surface area contributed by atoms with Gasteiger partial charge in [0.25, 0.3) is 11.6 Å². The van der Waals surface area contributed by atoms with E-state index in [9.17, 15) is 28.1 Å². The summed E-state index contributed by atoms with van der Waals surface area (Å²) in [7, 11) is 0. The molecule has 1 aromatic heterocycles. The van der Waals surface area contributed by atoms with Gasteiger partial charge in [-0.2, -0.15) is 23.3 Å². The van der Waals surface area contributed by atoms with E-state index in [2.05, 4.69) is 5.10 Å². The highest BCUT2D eigenvalue weighted by Gasteiger charge is 2.47. The van der Waals surface area contributed by atoms with E-state index in [1.165, 1.54) is 30.3 Å². The van der Waals surface area contributed by atoms with E-state index >= 15 is 0 Å². The van der Waals surface area contributed by atoms with Crippen molar-refractivity contribution in [1.82, 2.24) is 4.57 Å². The zero-order valence-electron chi connectivity index (χ0n) is 19.4. The van der Waals surface area contributed by atoms with Gasteiger partial charge in [-0.25, -0.2) is 0 Å². The second kappa shape index (κ2) is 9.05. The predicted octanol–water partition coefficient (Wildman–Crippen LogP) is 6.25. The van der Waals surface area contributed by atoms with Crippen molar-refractivity contribution in [1.29, 1.82) is 0 Å². The quantitative estimate of drug-likeness (QED) is 0.183. The van der Waals surface area contributed by atoms with Crippen molar-refractivity contribution < 1.29 is 22.9 Å². The Morgan fingerprint density at radius 1 is 0.973 bits per heavy atom. The molecule has 7 nitrogen and oxygen atoms in total. The third-order valence-corrected chi connectivity index (χ3v) is 6.20. The molecule has 4 aromatic rings. The molecule has 1 amide bonds. The van der Waals surface area contributed by atoms with Gasteiger partial charge in [-0.1, -0.05) is 48.5 Å². The topological polar surface area (TPSA) is 80.7 Å². The van der Waals surface area contributed by atoms with E-state index < -0.39 is 28.3 Å². The van der Waals surface area contributed by atoms with E-state index in [-0.39, 0.29) is 11.4 Å². The summed E-state index contributed by atoms with van der Waals surface area (Å²) >= 11 is 0. The van der Waals surface area contributed by atoms with Gasteiger partial charge in [0.1, 0.15) is 0 Å². The van der Waals surface area contributed by atoms with E-state index in [1.54, 1.807) is 49.4 Å². The standard InChI is InChI=1S/C27H19F3N4O3/c1-17-22(15-23-25(27(28,29)30)31-33(26(23)35)19-7-3-2-4-8-19)21-9-5-6-10-24(21)32(17)16-18-11-13-20(14-12-18)34(36)37/h2-15H,16H2,1H3/b23-15-. The molecule has 3 aromatic carbocycles. The summed E-state index contributed by atoms with van der Waals surface area (Å²) in [4.78, 5) is 23.7. The molecule has 0 aliphatic carbocycles. The maximum atomic E-state index is 14.0. The summed E-state index contributed by atoms with van der Waals surface area (Å²) in [5.74, 6) is -0.870. The SMILES string of the molecule is Cc1c(/C=C2\C(=O)N(c3ccccc3)N=C2C(F)(F)F)c2ccccc2n1Cc1ccc([N+](=O)[O-])cc1. The van der Waals surface area contributed by atoms with Crippen LogP contribution in [0, 0.1) is 17.0 Å². The van der Waals surface area contributed by atoms with Crippen LogP contribution in [0.15, 0.2) is 89.5 Å². The molecule has 1 aliphatic heterocycles. The molecule has 0 N–H and O–H groups in total. The first-order valence-corrected chi connectivity index (χ1v) is 11.2. The van der Waals surface area contributed by atoms with Crippen LogP contribution in [-0.2, 0) is 11.3 Å². The van der Waals surface area contributed by atoms with Crippen LogP contribution in [0.25, 0.3) is 17.0 Å². The number of carbonyl (C=O) groups is 1. The van der Waals surface area contributed by atoms with Crippen molar-refractivity contribution in [3.05, 3.63) is 111 Å². The highest BCUT2D eigenvalue weighted by Crippen LogP contribution is 2.35. The molecule has 10 heteroatoms.